The number of hydrogen-bond donors (Lipinski definition) is 1. The van der Waals surface area contributed by atoms with Gasteiger partial charge >= 0.3 is 11.6 Å². The molecule has 1 N–H and O–H groups in total. The number of anilines is 1. The molecule has 0 saturated heterocycles. The van der Waals surface area contributed by atoms with Crippen molar-refractivity contribution in [2.45, 2.75) is 13.5 Å². The average Bonchev–Trinajstić information content (AvgIpc) is 2.53. The van der Waals surface area contributed by atoms with Crippen LogP contribution in [0.2, 0.25) is 0 Å². The molecule has 0 spiro atoms. The van der Waals surface area contributed by atoms with Crippen molar-refractivity contribution >= 4 is 22.6 Å². The molecule has 0 atom stereocenters. The van der Waals surface area contributed by atoms with Gasteiger partial charge in [0, 0.05) is 30.7 Å². The summed E-state index contributed by atoms with van der Waals surface area (Å²) in [6, 6.07) is 15.0. The van der Waals surface area contributed by atoms with E-state index in [4.69, 9.17) is 9.52 Å². The summed E-state index contributed by atoms with van der Waals surface area (Å²) in [6.07, 6.45) is 0. The van der Waals surface area contributed by atoms with E-state index in [-0.39, 0.29) is 5.56 Å². The summed E-state index contributed by atoms with van der Waals surface area (Å²) in [7, 11) is 1.95. The minimum Gasteiger partial charge on any atom is -0.477 e. The predicted octanol–water partition coefficient (Wildman–Crippen LogP) is 3.44. The molecule has 5 nitrogen and oxygen atoms in total. The van der Waals surface area contributed by atoms with Crippen LogP contribution in [-0.4, -0.2) is 18.1 Å². The molecule has 0 saturated carbocycles. The summed E-state index contributed by atoms with van der Waals surface area (Å²) in [4.78, 5) is 24.8. The number of nitrogens with zero attached hydrogens (tertiary/aromatic N) is 1. The first-order chi connectivity index (χ1) is 11.4. The van der Waals surface area contributed by atoms with E-state index in [9.17, 15) is 9.59 Å². The van der Waals surface area contributed by atoms with Crippen LogP contribution in [0.15, 0.2) is 57.7 Å². The van der Waals surface area contributed by atoms with Gasteiger partial charge in [-0.2, -0.15) is 0 Å². The number of carboxylic acid groups (broad SMARTS) is 1. The zero-order valence-electron chi connectivity index (χ0n) is 13.4. The second-order valence-corrected chi connectivity index (χ2v) is 5.82. The van der Waals surface area contributed by atoms with Crippen molar-refractivity contribution in [2.24, 2.45) is 0 Å². The first kappa shape index (κ1) is 15.8. The maximum atomic E-state index is 11.7. The highest BCUT2D eigenvalue weighted by Gasteiger charge is 2.13. The molecular formula is C19H17NO4. The molecule has 2 aromatic carbocycles. The number of hydrogen-bond acceptors (Lipinski definition) is 4. The molecule has 0 aliphatic carbocycles. The quantitative estimate of drug-likeness (QED) is 0.745. The summed E-state index contributed by atoms with van der Waals surface area (Å²) in [6.45, 7) is 2.76. The molecule has 1 aromatic heterocycles. The molecule has 3 rings (SSSR count). The van der Waals surface area contributed by atoms with Gasteiger partial charge in [0.2, 0.25) is 0 Å². The summed E-state index contributed by atoms with van der Waals surface area (Å²) in [5, 5.41) is 9.57. The normalized spacial score (nSPS) is 10.8. The molecule has 1 heterocycles. The van der Waals surface area contributed by atoms with Crippen LogP contribution in [-0.2, 0) is 6.54 Å². The highest BCUT2D eigenvalue weighted by Crippen LogP contribution is 2.22. The first-order valence-electron chi connectivity index (χ1n) is 7.52. The van der Waals surface area contributed by atoms with E-state index in [2.05, 4.69) is 12.1 Å². The molecule has 0 unspecified atom stereocenters. The number of carboxylic acids is 1. The highest BCUT2D eigenvalue weighted by molar-refractivity contribution is 5.92. The Bertz CT molecular complexity index is 975. The maximum absolute atomic E-state index is 11.7. The number of fused-ring (bicyclic) bond motifs is 1. The number of benzene rings is 2. The molecule has 0 amide bonds. The first-order valence-corrected chi connectivity index (χ1v) is 7.52. The predicted molar refractivity (Wildman–Crippen MR) is 92.7 cm³/mol. The van der Waals surface area contributed by atoms with E-state index >= 15 is 0 Å². The Kier molecular flexibility index (Phi) is 4.08. The monoisotopic (exact) mass is 323 g/mol. The van der Waals surface area contributed by atoms with Gasteiger partial charge in [0.05, 0.1) is 0 Å². The fraction of sp³-hybridized carbons (Fsp3) is 0.158. The third kappa shape index (κ3) is 3.15. The van der Waals surface area contributed by atoms with Crippen LogP contribution in [0.3, 0.4) is 0 Å². The Morgan fingerprint density at radius 3 is 2.67 bits per heavy atom. The number of rotatable bonds is 4. The fourth-order valence-corrected chi connectivity index (χ4v) is 2.66. The van der Waals surface area contributed by atoms with Gasteiger partial charge in [0.15, 0.2) is 0 Å². The summed E-state index contributed by atoms with van der Waals surface area (Å²) < 4.78 is 5.15. The van der Waals surface area contributed by atoms with Gasteiger partial charge in [-0.15, -0.1) is 0 Å². The number of carbonyl (C=O) groups is 1. The van der Waals surface area contributed by atoms with Crippen molar-refractivity contribution < 1.29 is 14.3 Å². The van der Waals surface area contributed by atoms with Crippen molar-refractivity contribution in [3.63, 3.8) is 0 Å². The van der Waals surface area contributed by atoms with Crippen LogP contribution in [0.1, 0.15) is 21.5 Å². The SMILES string of the molecule is Cc1cccc(CN(C)c2ccc3cc(C(=O)O)c(=O)oc3c2)c1. The summed E-state index contributed by atoms with van der Waals surface area (Å²) >= 11 is 0. The van der Waals surface area contributed by atoms with Gasteiger partial charge in [0.25, 0.3) is 0 Å². The van der Waals surface area contributed by atoms with Gasteiger partial charge in [0.1, 0.15) is 11.1 Å². The van der Waals surface area contributed by atoms with Gasteiger partial charge in [-0.25, -0.2) is 9.59 Å². The Morgan fingerprint density at radius 2 is 1.96 bits per heavy atom. The molecule has 0 fully saturated rings. The smallest absolute Gasteiger partial charge is 0.351 e. The van der Waals surface area contributed by atoms with E-state index in [0.717, 1.165) is 5.69 Å². The van der Waals surface area contributed by atoms with E-state index in [1.54, 1.807) is 12.1 Å². The minimum absolute atomic E-state index is 0.358. The van der Waals surface area contributed by atoms with Gasteiger partial charge in [-0.3, -0.25) is 0 Å². The Hall–Kier alpha value is -3.08. The van der Waals surface area contributed by atoms with Crippen molar-refractivity contribution in [1.29, 1.82) is 0 Å². The lowest BCUT2D eigenvalue weighted by Crippen LogP contribution is -2.16. The van der Waals surface area contributed by atoms with E-state index < -0.39 is 11.6 Å². The van der Waals surface area contributed by atoms with Crippen LogP contribution in [0.5, 0.6) is 0 Å². The molecule has 0 aliphatic heterocycles. The number of aromatic carboxylic acids is 1. The molecule has 0 bridgehead atoms. The zero-order valence-corrected chi connectivity index (χ0v) is 13.4. The van der Waals surface area contributed by atoms with Crippen molar-refractivity contribution in [3.8, 4) is 0 Å². The van der Waals surface area contributed by atoms with Crippen molar-refractivity contribution in [3.05, 3.63) is 75.6 Å². The van der Waals surface area contributed by atoms with Crippen LogP contribution in [0.4, 0.5) is 5.69 Å². The molecule has 24 heavy (non-hydrogen) atoms. The molecule has 5 heteroatoms. The molecule has 3 aromatic rings. The lowest BCUT2D eigenvalue weighted by molar-refractivity contribution is 0.0692. The third-order valence-corrected chi connectivity index (χ3v) is 3.89. The molecule has 0 aliphatic rings. The number of aryl methyl sites for hydroxylation is 1. The summed E-state index contributed by atoms with van der Waals surface area (Å²) in [5.41, 5.74) is 2.44. The van der Waals surface area contributed by atoms with Crippen LogP contribution >= 0.6 is 0 Å². The molecule has 122 valence electrons. The van der Waals surface area contributed by atoms with Crippen LogP contribution in [0, 0.1) is 6.92 Å². The van der Waals surface area contributed by atoms with Crippen LogP contribution < -0.4 is 10.5 Å². The van der Waals surface area contributed by atoms with Crippen molar-refractivity contribution in [1.82, 2.24) is 0 Å². The van der Waals surface area contributed by atoms with Crippen LogP contribution in [0.25, 0.3) is 11.0 Å². The van der Waals surface area contributed by atoms with E-state index in [0.29, 0.717) is 17.5 Å². The average molecular weight is 323 g/mol. The Balaban J connectivity index is 1.94. The fourth-order valence-electron chi connectivity index (χ4n) is 2.66. The maximum Gasteiger partial charge on any atom is 0.351 e. The third-order valence-electron chi connectivity index (χ3n) is 3.89. The topological polar surface area (TPSA) is 70.8 Å². The standard InChI is InChI=1S/C19H17NO4/c1-12-4-3-5-13(8-12)11-20(2)15-7-6-14-9-16(18(21)22)19(23)24-17(14)10-15/h3-10H,11H2,1-2H3,(H,21,22). The van der Waals surface area contributed by atoms with Gasteiger partial charge in [-0.1, -0.05) is 29.8 Å². The molecular weight excluding hydrogens is 306 g/mol. The highest BCUT2D eigenvalue weighted by atomic mass is 16.4. The largest absolute Gasteiger partial charge is 0.477 e. The second kappa shape index (κ2) is 6.20. The van der Waals surface area contributed by atoms with E-state index in [1.165, 1.54) is 17.2 Å². The Labute approximate surface area is 138 Å². The lowest BCUT2D eigenvalue weighted by atomic mass is 10.1. The minimum atomic E-state index is -1.29. The van der Waals surface area contributed by atoms with Gasteiger partial charge in [-0.05, 0) is 30.7 Å². The van der Waals surface area contributed by atoms with E-state index in [1.807, 2.05) is 37.1 Å². The summed E-state index contributed by atoms with van der Waals surface area (Å²) in [5.74, 6) is -1.29. The van der Waals surface area contributed by atoms with Crippen molar-refractivity contribution in [2.75, 3.05) is 11.9 Å². The lowest BCUT2D eigenvalue weighted by Gasteiger charge is -2.20. The second-order valence-electron chi connectivity index (χ2n) is 5.82. The van der Waals surface area contributed by atoms with Gasteiger partial charge < -0.3 is 14.4 Å². The molecule has 0 radical (unpaired) electrons. The Morgan fingerprint density at radius 1 is 1.17 bits per heavy atom. The zero-order chi connectivity index (χ0) is 17.3.